The minimum absolute atomic E-state index is 0.618. The summed E-state index contributed by atoms with van der Waals surface area (Å²) >= 11 is 0. The molecule has 5 heteroatoms. The number of rotatable bonds is 0. The molecular formula is C5H5N5. The molecule has 0 saturated carbocycles. The number of aromatic amines is 1. The maximum atomic E-state index is 4.04. The summed E-state index contributed by atoms with van der Waals surface area (Å²) in [5.74, 6) is 0.808. The van der Waals surface area contributed by atoms with Crippen LogP contribution in [0.15, 0.2) is 6.33 Å². The van der Waals surface area contributed by atoms with Crippen molar-refractivity contribution in [1.82, 2.24) is 25.1 Å². The molecular weight excluding hydrogens is 130 g/mol. The molecule has 2 aromatic rings. The van der Waals surface area contributed by atoms with Crippen LogP contribution in [-0.4, -0.2) is 25.1 Å². The lowest BCUT2D eigenvalue weighted by Gasteiger charge is -1.78. The highest BCUT2D eigenvalue weighted by Crippen LogP contribution is 2.00. The van der Waals surface area contributed by atoms with Crippen LogP contribution in [0, 0.1) is 6.92 Å². The maximum absolute atomic E-state index is 4.04. The van der Waals surface area contributed by atoms with Crippen LogP contribution in [-0.2, 0) is 0 Å². The maximum Gasteiger partial charge on any atom is 0.200 e. The first-order valence-electron chi connectivity index (χ1n) is 2.86. The lowest BCUT2D eigenvalue weighted by molar-refractivity contribution is 1.01. The van der Waals surface area contributed by atoms with E-state index in [1.54, 1.807) is 0 Å². The Labute approximate surface area is 56.5 Å². The first-order chi connectivity index (χ1) is 4.86. The van der Waals surface area contributed by atoms with Crippen molar-refractivity contribution in [2.75, 3.05) is 0 Å². The van der Waals surface area contributed by atoms with Gasteiger partial charge in [0.25, 0.3) is 0 Å². The van der Waals surface area contributed by atoms with Gasteiger partial charge < -0.3 is 4.98 Å². The van der Waals surface area contributed by atoms with Gasteiger partial charge in [-0.1, -0.05) is 0 Å². The van der Waals surface area contributed by atoms with Crippen molar-refractivity contribution in [2.45, 2.75) is 6.92 Å². The van der Waals surface area contributed by atoms with Gasteiger partial charge in [-0.3, -0.25) is 0 Å². The highest BCUT2D eigenvalue weighted by molar-refractivity contribution is 5.63. The minimum atomic E-state index is 0.618. The molecule has 0 unspecified atom stereocenters. The Hall–Kier alpha value is -1.52. The molecule has 2 aromatic heterocycles. The topological polar surface area (TPSA) is 67.3 Å². The molecule has 0 aliphatic carbocycles. The fraction of sp³-hybridized carbons (Fsp3) is 0.200. The van der Waals surface area contributed by atoms with Gasteiger partial charge in [-0.15, -0.1) is 10.2 Å². The summed E-state index contributed by atoms with van der Waals surface area (Å²) in [7, 11) is 0. The van der Waals surface area contributed by atoms with Crippen LogP contribution in [0.4, 0.5) is 0 Å². The molecule has 0 amide bonds. The van der Waals surface area contributed by atoms with Crippen LogP contribution in [0.2, 0.25) is 0 Å². The average Bonchev–Trinajstić information content (AvgIpc) is 2.27. The van der Waals surface area contributed by atoms with E-state index in [4.69, 9.17) is 0 Å². The average molecular weight is 135 g/mol. The van der Waals surface area contributed by atoms with E-state index in [0.717, 1.165) is 5.82 Å². The number of nitrogens with one attached hydrogen (secondary N) is 1. The normalized spacial score (nSPS) is 10.5. The summed E-state index contributed by atoms with van der Waals surface area (Å²) in [5.41, 5.74) is 1.26. The molecule has 50 valence electrons. The lowest BCUT2D eigenvalue weighted by atomic mass is 10.7. The summed E-state index contributed by atoms with van der Waals surface area (Å²) in [4.78, 5) is 10.8. The molecule has 2 rings (SSSR count). The highest BCUT2D eigenvalue weighted by atomic mass is 15.2. The van der Waals surface area contributed by atoms with Crippen molar-refractivity contribution in [3.05, 3.63) is 12.2 Å². The number of H-pyrrole nitrogens is 1. The van der Waals surface area contributed by atoms with E-state index in [-0.39, 0.29) is 0 Å². The first-order valence-corrected chi connectivity index (χ1v) is 2.86. The van der Waals surface area contributed by atoms with E-state index in [1.807, 2.05) is 6.92 Å². The lowest BCUT2D eigenvalue weighted by Crippen LogP contribution is -1.83. The van der Waals surface area contributed by atoms with Crippen molar-refractivity contribution < 1.29 is 0 Å². The fourth-order valence-electron chi connectivity index (χ4n) is 0.791. The number of nitrogens with zero attached hydrogens (tertiary/aromatic N) is 4. The number of hydrogen-bond donors (Lipinski definition) is 1. The summed E-state index contributed by atoms with van der Waals surface area (Å²) in [6.45, 7) is 1.85. The fourth-order valence-corrected chi connectivity index (χ4v) is 0.791. The Morgan fingerprint density at radius 1 is 1.50 bits per heavy atom. The zero-order chi connectivity index (χ0) is 6.97. The van der Waals surface area contributed by atoms with Crippen LogP contribution < -0.4 is 0 Å². The zero-order valence-corrected chi connectivity index (χ0v) is 5.37. The van der Waals surface area contributed by atoms with Gasteiger partial charge in [0, 0.05) is 0 Å². The molecule has 0 atom stereocenters. The smallest absolute Gasteiger partial charge is 0.200 e. The molecule has 2 heterocycles. The molecule has 0 aliphatic rings. The standard InChI is InChI=1S/C5H5N5/c1-3-8-4-5(9-3)10-7-2-6-4/h2H,1H3,(H,6,7,8,9,10). The van der Waals surface area contributed by atoms with Crippen LogP contribution in [0.25, 0.3) is 11.3 Å². The van der Waals surface area contributed by atoms with E-state index in [2.05, 4.69) is 25.1 Å². The Morgan fingerprint density at radius 3 is 3.20 bits per heavy atom. The van der Waals surface area contributed by atoms with E-state index < -0.39 is 0 Å². The highest BCUT2D eigenvalue weighted by Gasteiger charge is 1.98. The molecule has 0 saturated heterocycles. The monoisotopic (exact) mass is 135 g/mol. The molecule has 0 spiro atoms. The summed E-state index contributed by atoms with van der Waals surface area (Å²) in [5, 5.41) is 7.37. The molecule has 0 bridgehead atoms. The number of hydrogen-bond acceptors (Lipinski definition) is 4. The predicted octanol–water partition coefficient (Wildman–Crippen LogP) is 0.0563. The Kier molecular flexibility index (Phi) is 0.913. The Morgan fingerprint density at radius 2 is 2.40 bits per heavy atom. The number of aromatic nitrogens is 5. The third-order valence-electron chi connectivity index (χ3n) is 1.17. The second kappa shape index (κ2) is 1.73. The molecule has 0 aliphatic heterocycles. The molecule has 1 N–H and O–H groups in total. The number of aryl methyl sites for hydroxylation is 1. The van der Waals surface area contributed by atoms with Crippen LogP contribution in [0.3, 0.4) is 0 Å². The second-order valence-electron chi connectivity index (χ2n) is 1.95. The van der Waals surface area contributed by atoms with Gasteiger partial charge >= 0.3 is 0 Å². The third-order valence-corrected chi connectivity index (χ3v) is 1.17. The van der Waals surface area contributed by atoms with Gasteiger partial charge in [-0.2, -0.15) is 0 Å². The summed E-state index contributed by atoms with van der Waals surface area (Å²) < 4.78 is 0. The van der Waals surface area contributed by atoms with Crippen LogP contribution >= 0.6 is 0 Å². The van der Waals surface area contributed by atoms with E-state index in [0.29, 0.717) is 11.3 Å². The van der Waals surface area contributed by atoms with Gasteiger partial charge in [0.2, 0.25) is 5.65 Å². The zero-order valence-electron chi connectivity index (χ0n) is 5.37. The van der Waals surface area contributed by atoms with E-state index in [9.17, 15) is 0 Å². The SMILES string of the molecule is Cc1nc2ncnnc2[nH]1. The van der Waals surface area contributed by atoms with Crippen LogP contribution in [0.1, 0.15) is 5.82 Å². The number of fused-ring (bicyclic) bond motifs is 1. The van der Waals surface area contributed by atoms with Gasteiger partial charge in [0.1, 0.15) is 12.2 Å². The molecule has 0 fully saturated rings. The third kappa shape index (κ3) is 0.637. The van der Waals surface area contributed by atoms with E-state index in [1.165, 1.54) is 6.33 Å². The van der Waals surface area contributed by atoms with Crippen molar-refractivity contribution in [2.24, 2.45) is 0 Å². The van der Waals surface area contributed by atoms with Gasteiger partial charge in [0.15, 0.2) is 5.65 Å². The van der Waals surface area contributed by atoms with Gasteiger partial charge in [-0.25, -0.2) is 9.97 Å². The van der Waals surface area contributed by atoms with Gasteiger partial charge in [-0.05, 0) is 6.92 Å². The van der Waals surface area contributed by atoms with Crippen LogP contribution in [0.5, 0.6) is 0 Å². The molecule has 0 radical (unpaired) electrons. The quantitative estimate of drug-likeness (QED) is 0.554. The second-order valence-corrected chi connectivity index (χ2v) is 1.95. The van der Waals surface area contributed by atoms with Gasteiger partial charge in [0.05, 0.1) is 0 Å². The van der Waals surface area contributed by atoms with Crippen molar-refractivity contribution in [3.8, 4) is 0 Å². The largest absolute Gasteiger partial charge is 0.324 e. The summed E-state index contributed by atoms with van der Waals surface area (Å²) in [6.07, 6.45) is 1.38. The predicted molar refractivity (Wildman–Crippen MR) is 34.2 cm³/mol. The first kappa shape index (κ1) is 5.28. The molecule has 5 nitrogen and oxygen atoms in total. The molecule has 10 heavy (non-hydrogen) atoms. The van der Waals surface area contributed by atoms with E-state index >= 15 is 0 Å². The summed E-state index contributed by atoms with van der Waals surface area (Å²) in [6, 6.07) is 0. The molecule has 0 aromatic carbocycles. The minimum Gasteiger partial charge on any atom is -0.324 e. The Bertz CT molecular complexity index is 319. The number of imidazole rings is 1. The van der Waals surface area contributed by atoms with Crippen molar-refractivity contribution in [1.29, 1.82) is 0 Å². The van der Waals surface area contributed by atoms with Crippen molar-refractivity contribution in [3.63, 3.8) is 0 Å². The Balaban J connectivity index is 2.88. The van der Waals surface area contributed by atoms with Crippen molar-refractivity contribution >= 4 is 11.3 Å².